The number of hydrogen-bond acceptors (Lipinski definition) is 14. The van der Waals surface area contributed by atoms with Crippen molar-refractivity contribution in [2.24, 2.45) is 5.92 Å². The van der Waals surface area contributed by atoms with E-state index in [9.17, 15) is 32.3 Å². The number of benzene rings is 2. The van der Waals surface area contributed by atoms with E-state index in [1.54, 1.807) is 51.8 Å². The molecule has 0 atom stereocenters. The third kappa shape index (κ3) is 13.2. The Morgan fingerprint density at radius 1 is 0.676 bits per heavy atom. The van der Waals surface area contributed by atoms with Crippen molar-refractivity contribution in [3.8, 4) is 63.1 Å². The van der Waals surface area contributed by atoms with Crippen LogP contribution < -0.4 is 34.6 Å². The van der Waals surface area contributed by atoms with Crippen LogP contribution >= 0.6 is 0 Å². The van der Waals surface area contributed by atoms with Gasteiger partial charge in [-0.1, -0.05) is 12.8 Å². The Kier molecular flexibility index (Phi) is 18.8. The van der Waals surface area contributed by atoms with Crippen molar-refractivity contribution in [1.29, 1.82) is 5.26 Å². The molecule has 6 aromatic rings. The number of ether oxygens (including phenoxy) is 6. The summed E-state index contributed by atoms with van der Waals surface area (Å²) in [7, 11) is 2.63. The van der Waals surface area contributed by atoms with Crippen LogP contribution in [0.2, 0.25) is 0 Å². The minimum atomic E-state index is -3.19. The molecular formula is C52H61F4N9O9. The first kappa shape index (κ1) is 54.4. The number of alkyl halides is 4. The Morgan fingerprint density at radius 3 is 1.53 bits per heavy atom. The van der Waals surface area contributed by atoms with E-state index in [4.69, 9.17) is 28.9 Å². The van der Waals surface area contributed by atoms with Crippen LogP contribution in [0.15, 0.2) is 73.3 Å². The maximum Gasteiger partial charge on any atom is 0.387 e. The van der Waals surface area contributed by atoms with Gasteiger partial charge in [-0.15, -0.1) is 0 Å². The van der Waals surface area contributed by atoms with Crippen LogP contribution in [0.5, 0.6) is 34.5 Å². The number of likely N-dealkylation sites (tertiary alicyclic amines) is 3. The molecule has 0 saturated carbocycles. The molecule has 3 aliphatic rings. The number of amides is 1. The van der Waals surface area contributed by atoms with Crippen molar-refractivity contribution < 1.29 is 60.7 Å². The van der Waals surface area contributed by atoms with Crippen LogP contribution in [-0.2, 0) is 0 Å². The van der Waals surface area contributed by atoms with Crippen molar-refractivity contribution in [3.05, 3.63) is 84.4 Å². The lowest BCUT2D eigenvalue weighted by atomic mass is 9.99. The number of hydrogen-bond donors (Lipinski definition) is 2. The molecule has 9 rings (SSSR count). The Bertz CT molecular complexity index is 2890. The average molecular weight is 1030 g/mol. The molecule has 0 bridgehead atoms. The van der Waals surface area contributed by atoms with Crippen LogP contribution in [0.3, 0.4) is 0 Å². The number of carbonyl (C=O) groups is 2. The minimum Gasteiger partial charge on any atom is -0.496 e. The highest BCUT2D eigenvalue weighted by Gasteiger charge is 2.35. The SMILES string of the molecule is COc1cc(-c2cnc3cc(OCCCN4CCCCC4)ccn23)cc(OC(F)F)c1C(=O)N1CC(C#N)C1.COc1cc(-c2cnc3cc(OCCCN4CCCCC4)ccn23)cc(OC(F)F)c1C(=O)O.N. The van der Waals surface area contributed by atoms with Crippen LogP contribution in [0.25, 0.3) is 33.8 Å². The summed E-state index contributed by atoms with van der Waals surface area (Å²) in [5, 5.41) is 18.5. The van der Waals surface area contributed by atoms with Gasteiger partial charge in [0, 0.05) is 61.8 Å². The zero-order valence-corrected chi connectivity index (χ0v) is 41.4. The van der Waals surface area contributed by atoms with Gasteiger partial charge >= 0.3 is 19.2 Å². The number of imidazole rings is 2. The molecule has 4 N–H and O–H groups in total. The highest BCUT2D eigenvalue weighted by Crippen LogP contribution is 2.39. The van der Waals surface area contributed by atoms with E-state index in [1.165, 1.54) is 75.8 Å². The van der Waals surface area contributed by atoms with Gasteiger partial charge in [0.05, 0.1) is 63.2 Å². The summed E-state index contributed by atoms with van der Waals surface area (Å²) in [5.74, 6) is -1.64. The number of piperidine rings is 2. The molecule has 3 fully saturated rings. The van der Waals surface area contributed by atoms with Gasteiger partial charge in [-0.3, -0.25) is 13.6 Å². The van der Waals surface area contributed by atoms with Crippen molar-refractivity contribution in [3.63, 3.8) is 0 Å². The normalized spacial score (nSPS) is 15.2. The second kappa shape index (κ2) is 25.5. The van der Waals surface area contributed by atoms with Crippen LogP contribution in [0, 0.1) is 17.2 Å². The number of rotatable bonds is 20. The summed E-state index contributed by atoms with van der Waals surface area (Å²) >= 11 is 0. The van der Waals surface area contributed by atoms with Crippen LogP contribution in [-0.4, -0.2) is 143 Å². The lowest BCUT2D eigenvalue weighted by molar-refractivity contribution is -0.0512. The fraction of sp³-hybridized carbons (Fsp3) is 0.442. The van der Waals surface area contributed by atoms with Crippen molar-refractivity contribution in [1.82, 2.24) is 39.6 Å². The Labute approximate surface area is 425 Å². The van der Waals surface area contributed by atoms with E-state index < -0.39 is 36.4 Å². The second-order valence-corrected chi connectivity index (χ2v) is 17.9. The quantitative estimate of drug-likeness (QED) is 0.0539. The number of methoxy groups -OCH3 is 2. The van der Waals surface area contributed by atoms with Gasteiger partial charge in [-0.05, 0) is 101 Å². The molecule has 22 heteroatoms. The smallest absolute Gasteiger partial charge is 0.387 e. The fourth-order valence-electron chi connectivity index (χ4n) is 9.33. The minimum absolute atomic E-state index is 0. The number of carboxylic acid groups (broad SMARTS) is 1. The maximum atomic E-state index is 13.4. The van der Waals surface area contributed by atoms with E-state index in [0.717, 1.165) is 52.1 Å². The number of halogens is 4. The van der Waals surface area contributed by atoms with Gasteiger partial charge < -0.3 is 54.4 Å². The van der Waals surface area contributed by atoms with E-state index >= 15 is 0 Å². The number of fused-ring (bicyclic) bond motifs is 2. The van der Waals surface area contributed by atoms with Gasteiger partial charge in [0.1, 0.15) is 56.9 Å². The largest absolute Gasteiger partial charge is 0.496 e. The molecule has 74 heavy (non-hydrogen) atoms. The van der Waals surface area contributed by atoms with Crippen LogP contribution in [0.4, 0.5) is 17.6 Å². The van der Waals surface area contributed by atoms with E-state index in [1.807, 2.05) is 12.1 Å². The molecule has 0 aliphatic carbocycles. The van der Waals surface area contributed by atoms with Gasteiger partial charge in [-0.25, -0.2) is 14.8 Å². The number of pyridine rings is 2. The first-order valence-corrected chi connectivity index (χ1v) is 24.3. The summed E-state index contributed by atoms with van der Waals surface area (Å²) in [6.07, 6.45) is 16.3. The maximum absolute atomic E-state index is 13.4. The predicted molar refractivity (Wildman–Crippen MR) is 265 cm³/mol. The summed E-state index contributed by atoms with van der Waals surface area (Å²) < 4.78 is 87.7. The number of nitrogens with zero attached hydrogens (tertiary/aromatic N) is 8. The number of carboxylic acids is 1. The van der Waals surface area contributed by atoms with Gasteiger partial charge in [0.15, 0.2) is 0 Å². The summed E-state index contributed by atoms with van der Waals surface area (Å²) in [6.45, 7) is 2.01. The van der Waals surface area contributed by atoms with Crippen molar-refractivity contribution in [2.45, 2.75) is 64.6 Å². The molecule has 0 radical (unpaired) electrons. The lowest BCUT2D eigenvalue weighted by Gasteiger charge is -2.35. The summed E-state index contributed by atoms with van der Waals surface area (Å²) in [6, 6.07) is 15.0. The second-order valence-electron chi connectivity index (χ2n) is 17.9. The van der Waals surface area contributed by atoms with Gasteiger partial charge in [0.25, 0.3) is 5.91 Å². The van der Waals surface area contributed by atoms with Crippen molar-refractivity contribution >= 4 is 23.2 Å². The molecule has 1 amide bonds. The van der Waals surface area contributed by atoms with E-state index in [-0.39, 0.29) is 48.0 Å². The molecule has 0 unspecified atom stereocenters. The van der Waals surface area contributed by atoms with Crippen molar-refractivity contribution in [2.75, 3.05) is 79.8 Å². The number of aromatic nitrogens is 4. The van der Waals surface area contributed by atoms with Crippen LogP contribution in [0.1, 0.15) is 72.1 Å². The Morgan fingerprint density at radius 2 is 1.11 bits per heavy atom. The Hall–Kier alpha value is -7.35. The number of aromatic carboxylic acids is 1. The first-order chi connectivity index (χ1) is 35.4. The van der Waals surface area contributed by atoms with Gasteiger partial charge in [0.2, 0.25) is 0 Å². The summed E-state index contributed by atoms with van der Waals surface area (Å²) in [4.78, 5) is 39.9. The molecule has 18 nitrogen and oxygen atoms in total. The topological polar surface area (TPSA) is 213 Å². The predicted octanol–water partition coefficient (Wildman–Crippen LogP) is 9.19. The highest BCUT2D eigenvalue weighted by atomic mass is 19.3. The summed E-state index contributed by atoms with van der Waals surface area (Å²) in [5.41, 5.74) is 2.71. The molecular weight excluding hydrogens is 971 g/mol. The first-order valence-electron chi connectivity index (χ1n) is 24.3. The third-order valence-corrected chi connectivity index (χ3v) is 13.0. The third-order valence-electron chi connectivity index (χ3n) is 13.0. The van der Waals surface area contributed by atoms with E-state index in [0.29, 0.717) is 58.5 Å². The number of nitriles is 1. The molecule has 3 saturated heterocycles. The molecule has 7 heterocycles. The zero-order valence-electron chi connectivity index (χ0n) is 41.4. The van der Waals surface area contributed by atoms with Gasteiger partial charge in [-0.2, -0.15) is 22.8 Å². The zero-order chi connectivity index (χ0) is 51.4. The molecule has 3 aliphatic heterocycles. The molecule has 0 spiro atoms. The lowest BCUT2D eigenvalue weighted by Crippen LogP contribution is -2.49. The highest BCUT2D eigenvalue weighted by molar-refractivity contribution is 6.01. The molecule has 2 aromatic carbocycles. The average Bonchev–Trinajstić information content (AvgIpc) is 4.00. The Balaban J connectivity index is 0.000000215. The standard InChI is InChI=1S/C28H31F2N5O4.C24H27F2N3O5.H3N/c1-37-23-12-20(13-24(39-28(29)30)26(23)27(36)34-17-19(15-31)18-34)22-16-32-25-14-21(6-10-35(22)25)38-11-5-9-33-7-3-2-4-8-33;1-32-19-12-16(13-20(34-24(25)26)22(19)23(30)31)18-15-27-21-14-17(6-10-29(18)21)33-11-5-9-28-7-3-2-4-8-28;/h6,10,12-14,16,19,28H,2-5,7-9,11,17-18H2,1H3;6,10,12-15,24H,2-5,7-9,11H2,1H3,(H,30,31);1H3. The molecule has 396 valence electrons. The fourth-order valence-corrected chi connectivity index (χ4v) is 9.33. The monoisotopic (exact) mass is 1030 g/mol. The molecule has 4 aromatic heterocycles. The van der Waals surface area contributed by atoms with E-state index in [2.05, 4.69) is 30.6 Å². The number of carbonyl (C=O) groups excluding carboxylic acids is 1.